The van der Waals surface area contributed by atoms with Crippen molar-refractivity contribution in [2.75, 3.05) is 39.4 Å². The number of carbonyl (C=O) groups is 5. The standard InChI is InChI=1S/C38H50N2O16/c1-17(2)36-30(55-36)31-38(56-31)35(3)9-8-18-19(15-51-32(18)48)20(35)14-22-37(38,54-22)34(36)53-26(44)7-5-24(42)40-12-10-39(11-13-40)23(41)4-6-25(43)50-16-21-27(45)28(46)29(47)33(49)52-21/h17,20-22,27-31,33-34,45-47,49H,4-16H2,1-3H3/t20?,21-,22+,27-,28+,29-,30+,31+,33?,34-,35+,36+,37-,38-/m1/s1. The number of piperazine rings is 1. The van der Waals surface area contributed by atoms with E-state index in [0.29, 0.717) is 12.8 Å². The van der Waals surface area contributed by atoms with Crippen LogP contribution in [-0.4, -0.2) is 171 Å². The number of esters is 3. The highest BCUT2D eigenvalue weighted by atomic mass is 16.8. The van der Waals surface area contributed by atoms with Gasteiger partial charge in [-0.25, -0.2) is 4.79 Å². The molecule has 0 bridgehead atoms. The predicted octanol–water partition coefficient (Wildman–Crippen LogP) is -1.77. The van der Waals surface area contributed by atoms with E-state index in [4.69, 9.17) is 33.2 Å². The van der Waals surface area contributed by atoms with Gasteiger partial charge in [0, 0.05) is 50.0 Å². The first kappa shape index (κ1) is 38.3. The Morgan fingerprint density at radius 2 is 1.52 bits per heavy atom. The van der Waals surface area contributed by atoms with Crippen molar-refractivity contribution >= 4 is 29.7 Å². The third-order valence-corrected chi connectivity index (χ3v) is 14.5. The summed E-state index contributed by atoms with van der Waals surface area (Å²) in [6.07, 6.45) is -8.14. The number of carbonyl (C=O) groups excluding carboxylic acids is 5. The summed E-state index contributed by atoms with van der Waals surface area (Å²) < 4.78 is 41.8. The van der Waals surface area contributed by atoms with Gasteiger partial charge in [0.05, 0.1) is 18.9 Å². The molecule has 2 amide bonds. The minimum absolute atomic E-state index is 0.00364. The number of cyclic esters (lactones) is 1. The summed E-state index contributed by atoms with van der Waals surface area (Å²) >= 11 is 0. The van der Waals surface area contributed by atoms with E-state index in [1.54, 1.807) is 9.80 Å². The fourth-order valence-electron chi connectivity index (χ4n) is 11.3. The molecular weight excluding hydrogens is 740 g/mol. The topological polar surface area (TPSA) is 247 Å². The lowest BCUT2D eigenvalue weighted by Crippen LogP contribution is -2.70. The number of hydrogen-bond acceptors (Lipinski definition) is 16. The van der Waals surface area contributed by atoms with E-state index in [9.17, 15) is 44.4 Å². The minimum atomic E-state index is -1.76. The molecule has 6 aliphatic heterocycles. The van der Waals surface area contributed by atoms with Gasteiger partial charge in [-0.1, -0.05) is 20.8 Å². The SMILES string of the molecule is CC(C)[C@]12O[C@H]1[C@@H]1O[C@]13[C@]1(O[C@H]1CC1C4=C(CC[C@@]13C)C(=O)OC4)[C@@H]2OC(=O)CCC(=O)N1CCN(C(=O)CCC(=O)OC[C@H]2OC(O)[C@H](O)[C@@H](O)[C@@H]2O)CC1. The van der Waals surface area contributed by atoms with Gasteiger partial charge in [-0.2, -0.15) is 0 Å². The van der Waals surface area contributed by atoms with Crippen LogP contribution < -0.4 is 0 Å². The molecule has 308 valence electrons. The van der Waals surface area contributed by atoms with Gasteiger partial charge in [0.2, 0.25) is 11.8 Å². The number of amides is 2. The number of epoxide rings is 3. The number of ether oxygens (including phenoxy) is 7. The van der Waals surface area contributed by atoms with Crippen molar-refractivity contribution in [3.8, 4) is 0 Å². The number of aliphatic hydroxyl groups excluding tert-OH is 4. The van der Waals surface area contributed by atoms with Gasteiger partial charge in [-0.15, -0.1) is 0 Å². The lowest BCUT2D eigenvalue weighted by Gasteiger charge is -2.53. The number of aliphatic hydroxyl groups is 4. The van der Waals surface area contributed by atoms with Gasteiger partial charge >= 0.3 is 17.9 Å². The van der Waals surface area contributed by atoms with Crippen LogP contribution in [0.2, 0.25) is 0 Å². The Morgan fingerprint density at radius 3 is 2.18 bits per heavy atom. The molecule has 2 unspecified atom stereocenters. The Hall–Kier alpha value is -3.23. The first-order valence-corrected chi connectivity index (χ1v) is 19.8. The highest BCUT2D eigenvalue weighted by Crippen LogP contribution is 2.83. The van der Waals surface area contributed by atoms with Gasteiger partial charge in [0.15, 0.2) is 18.0 Å². The number of hydrogen-bond donors (Lipinski definition) is 4. The Morgan fingerprint density at radius 1 is 0.857 bits per heavy atom. The summed E-state index contributed by atoms with van der Waals surface area (Å²) in [6.45, 7) is 7.07. The molecular formula is C38H50N2O16. The van der Waals surface area contributed by atoms with E-state index in [1.807, 2.05) is 13.8 Å². The van der Waals surface area contributed by atoms with Gasteiger partial charge in [-0.3, -0.25) is 19.2 Å². The van der Waals surface area contributed by atoms with Crippen molar-refractivity contribution in [1.29, 1.82) is 0 Å². The fourth-order valence-corrected chi connectivity index (χ4v) is 11.3. The number of fused-ring (bicyclic) bond motifs is 4. The molecule has 14 atom stereocenters. The molecule has 3 aliphatic carbocycles. The average Bonchev–Trinajstić information content (AvgIpc) is 4.11. The van der Waals surface area contributed by atoms with Crippen LogP contribution in [0.3, 0.4) is 0 Å². The Labute approximate surface area is 322 Å². The Balaban J connectivity index is 0.763. The van der Waals surface area contributed by atoms with Gasteiger partial charge in [0.25, 0.3) is 0 Å². The maximum atomic E-state index is 13.6. The van der Waals surface area contributed by atoms with Gasteiger partial charge < -0.3 is 63.4 Å². The molecule has 6 heterocycles. The van der Waals surface area contributed by atoms with Crippen LogP contribution in [0, 0.1) is 17.3 Å². The lowest BCUT2D eigenvalue weighted by atomic mass is 9.46. The number of rotatable bonds is 10. The highest BCUT2D eigenvalue weighted by molar-refractivity contribution is 5.92. The van der Waals surface area contributed by atoms with Crippen LogP contribution in [0.4, 0.5) is 0 Å². The fraction of sp³-hybridized carbons (Fsp3) is 0.816. The molecule has 0 aromatic heterocycles. The largest absolute Gasteiger partial charge is 0.463 e. The van der Waals surface area contributed by atoms with Crippen molar-refractivity contribution in [1.82, 2.24) is 9.80 Å². The summed E-state index contributed by atoms with van der Waals surface area (Å²) in [4.78, 5) is 67.6. The second kappa shape index (κ2) is 13.1. The van der Waals surface area contributed by atoms with Crippen molar-refractivity contribution in [2.24, 2.45) is 17.3 Å². The van der Waals surface area contributed by atoms with E-state index in [2.05, 4.69) is 6.92 Å². The summed E-state index contributed by atoms with van der Waals surface area (Å²) in [6, 6.07) is 0. The molecule has 0 aromatic rings. The van der Waals surface area contributed by atoms with E-state index in [1.165, 1.54) is 0 Å². The molecule has 9 aliphatic rings. The van der Waals surface area contributed by atoms with Crippen LogP contribution in [0.15, 0.2) is 11.1 Å². The zero-order valence-electron chi connectivity index (χ0n) is 31.6. The van der Waals surface area contributed by atoms with E-state index in [0.717, 1.165) is 17.6 Å². The summed E-state index contributed by atoms with van der Waals surface area (Å²) in [7, 11) is 0. The van der Waals surface area contributed by atoms with E-state index >= 15 is 0 Å². The first-order valence-electron chi connectivity index (χ1n) is 19.8. The second-order valence-electron chi connectivity index (χ2n) is 17.4. The summed E-state index contributed by atoms with van der Waals surface area (Å²) in [5, 5.41) is 39.0. The molecule has 2 saturated carbocycles. The molecule has 0 aromatic carbocycles. The smallest absolute Gasteiger partial charge is 0.334 e. The normalized spacial score (nSPS) is 45.3. The third-order valence-electron chi connectivity index (χ3n) is 14.5. The summed E-state index contributed by atoms with van der Waals surface area (Å²) in [5.41, 5.74) is -0.938. The molecule has 9 rings (SSSR count). The third kappa shape index (κ3) is 5.32. The maximum absolute atomic E-state index is 13.6. The zero-order chi connectivity index (χ0) is 39.7. The zero-order valence-corrected chi connectivity index (χ0v) is 31.6. The van der Waals surface area contributed by atoms with Crippen LogP contribution in [0.25, 0.3) is 0 Å². The van der Waals surface area contributed by atoms with Crippen LogP contribution in [0.5, 0.6) is 0 Å². The predicted molar refractivity (Wildman–Crippen MR) is 182 cm³/mol. The van der Waals surface area contributed by atoms with Gasteiger partial charge in [-0.05, 0) is 36.7 Å². The minimum Gasteiger partial charge on any atom is -0.463 e. The highest BCUT2D eigenvalue weighted by Gasteiger charge is 3.01. The van der Waals surface area contributed by atoms with Crippen molar-refractivity contribution in [3.63, 3.8) is 0 Å². The molecule has 18 heteroatoms. The molecule has 2 spiro atoms. The molecule has 4 N–H and O–H groups in total. The monoisotopic (exact) mass is 790 g/mol. The first-order chi connectivity index (χ1) is 26.6. The van der Waals surface area contributed by atoms with Crippen molar-refractivity contribution in [3.05, 3.63) is 11.1 Å². The van der Waals surface area contributed by atoms with Crippen molar-refractivity contribution < 1.29 is 77.6 Å². The molecule has 56 heavy (non-hydrogen) atoms. The second-order valence-corrected chi connectivity index (χ2v) is 17.4. The van der Waals surface area contributed by atoms with E-state index in [-0.39, 0.29) is 112 Å². The van der Waals surface area contributed by atoms with Crippen LogP contribution in [0.1, 0.15) is 65.7 Å². The molecule has 7 fully saturated rings. The van der Waals surface area contributed by atoms with E-state index < -0.39 is 72.2 Å². The van der Waals surface area contributed by atoms with Crippen molar-refractivity contribution in [2.45, 2.75) is 138 Å². The lowest BCUT2D eigenvalue weighted by molar-refractivity contribution is -0.287. The Bertz CT molecular complexity index is 1750. The quantitative estimate of drug-likeness (QED) is 0.109. The molecule has 0 radical (unpaired) electrons. The Kier molecular flexibility index (Phi) is 8.99. The van der Waals surface area contributed by atoms with Crippen LogP contribution in [-0.2, 0) is 57.1 Å². The molecule has 18 nitrogen and oxygen atoms in total. The average molecular weight is 791 g/mol. The summed E-state index contributed by atoms with van der Waals surface area (Å²) in [5.74, 6) is -2.04. The molecule has 5 saturated heterocycles. The van der Waals surface area contributed by atoms with Gasteiger partial charge in [0.1, 0.15) is 61.0 Å². The van der Waals surface area contributed by atoms with Crippen LogP contribution >= 0.6 is 0 Å². The number of nitrogens with zero attached hydrogens (tertiary/aromatic N) is 2. The maximum Gasteiger partial charge on any atom is 0.334 e.